The van der Waals surface area contributed by atoms with Gasteiger partial charge in [0.2, 0.25) is 5.91 Å². The minimum Gasteiger partial charge on any atom is -0.324 e. The molecule has 0 bridgehead atoms. The van der Waals surface area contributed by atoms with Crippen LogP contribution in [0, 0.1) is 0 Å². The first-order valence-corrected chi connectivity index (χ1v) is 7.82. The lowest BCUT2D eigenvalue weighted by molar-refractivity contribution is -0.137. The summed E-state index contributed by atoms with van der Waals surface area (Å²) in [6.45, 7) is 1.52. The Balaban J connectivity index is 2.12. The molecule has 1 aromatic heterocycles. The molecule has 1 aromatic carbocycles. The van der Waals surface area contributed by atoms with Gasteiger partial charge in [-0.25, -0.2) is 4.98 Å². The van der Waals surface area contributed by atoms with Gasteiger partial charge in [0.15, 0.2) is 5.16 Å². The fourth-order valence-electron chi connectivity index (χ4n) is 1.66. The molecule has 0 aliphatic carbocycles. The van der Waals surface area contributed by atoms with Crippen LogP contribution in [0.3, 0.4) is 0 Å². The number of aromatic nitrogens is 2. The number of amides is 1. The fourth-order valence-corrected chi connectivity index (χ4v) is 2.61. The molecule has 128 valence electrons. The first-order chi connectivity index (χ1) is 11.2. The normalized spacial score (nSPS) is 12.7. The summed E-state index contributed by atoms with van der Waals surface area (Å²) < 4.78 is 38.2. The maximum Gasteiger partial charge on any atom is 0.416 e. The summed E-state index contributed by atoms with van der Waals surface area (Å²) in [4.78, 5) is 29.6. The van der Waals surface area contributed by atoms with Crippen LogP contribution in [0.2, 0.25) is 5.02 Å². The maximum absolute atomic E-state index is 12.7. The predicted molar refractivity (Wildman–Crippen MR) is 85.3 cm³/mol. The molecule has 0 fully saturated rings. The Morgan fingerprint density at radius 3 is 2.71 bits per heavy atom. The van der Waals surface area contributed by atoms with Gasteiger partial charge in [0.05, 0.1) is 21.5 Å². The molecule has 0 aliphatic rings. The molecule has 0 aliphatic heterocycles. The molecule has 0 saturated carbocycles. The SMILES string of the molecule is CC(Sc1nccc(=O)[nH]1)C(=O)Nc1cc(C(F)(F)F)ccc1Cl. The second kappa shape index (κ2) is 7.27. The Labute approximate surface area is 143 Å². The third kappa shape index (κ3) is 4.75. The number of carbonyl (C=O) groups excluding carboxylic acids is 1. The molecular formula is C14H11ClF3N3O2S. The Morgan fingerprint density at radius 2 is 2.08 bits per heavy atom. The second-order valence-electron chi connectivity index (χ2n) is 4.68. The number of carbonyl (C=O) groups is 1. The average Bonchev–Trinajstić information content (AvgIpc) is 2.48. The van der Waals surface area contributed by atoms with Crippen LogP contribution in [0.4, 0.5) is 18.9 Å². The summed E-state index contributed by atoms with van der Waals surface area (Å²) in [6.07, 6.45) is -3.26. The molecule has 2 N–H and O–H groups in total. The molecule has 10 heteroatoms. The minimum absolute atomic E-state index is 0.0141. The van der Waals surface area contributed by atoms with Gasteiger partial charge in [-0.15, -0.1) is 0 Å². The van der Waals surface area contributed by atoms with E-state index in [0.29, 0.717) is 0 Å². The largest absolute Gasteiger partial charge is 0.416 e. The Morgan fingerprint density at radius 1 is 1.38 bits per heavy atom. The highest BCUT2D eigenvalue weighted by Gasteiger charge is 2.31. The van der Waals surface area contributed by atoms with Crippen LogP contribution in [-0.2, 0) is 11.0 Å². The van der Waals surface area contributed by atoms with Crippen LogP contribution in [0.1, 0.15) is 12.5 Å². The third-order valence-corrected chi connectivity index (χ3v) is 4.18. The fraction of sp³-hybridized carbons (Fsp3) is 0.214. The highest BCUT2D eigenvalue weighted by atomic mass is 35.5. The van der Waals surface area contributed by atoms with Crippen LogP contribution in [-0.4, -0.2) is 21.1 Å². The van der Waals surface area contributed by atoms with Gasteiger partial charge in [-0.1, -0.05) is 23.4 Å². The van der Waals surface area contributed by atoms with E-state index in [4.69, 9.17) is 11.6 Å². The first kappa shape index (κ1) is 18.3. The number of benzene rings is 1. The number of thioether (sulfide) groups is 1. The molecule has 0 radical (unpaired) electrons. The average molecular weight is 378 g/mol. The number of halogens is 4. The van der Waals surface area contributed by atoms with Crippen LogP contribution in [0.15, 0.2) is 40.4 Å². The third-order valence-electron chi connectivity index (χ3n) is 2.86. The van der Waals surface area contributed by atoms with Crippen LogP contribution >= 0.6 is 23.4 Å². The molecule has 1 heterocycles. The molecule has 1 atom stereocenters. The zero-order chi connectivity index (χ0) is 17.9. The number of aromatic amines is 1. The van der Waals surface area contributed by atoms with Crippen molar-refractivity contribution in [3.8, 4) is 0 Å². The second-order valence-corrected chi connectivity index (χ2v) is 6.42. The number of rotatable bonds is 4. The quantitative estimate of drug-likeness (QED) is 0.631. The van der Waals surface area contributed by atoms with Crippen molar-refractivity contribution in [3.63, 3.8) is 0 Å². The zero-order valence-corrected chi connectivity index (χ0v) is 13.7. The van der Waals surface area contributed by atoms with E-state index in [-0.39, 0.29) is 21.4 Å². The van der Waals surface area contributed by atoms with Gasteiger partial charge in [-0.05, 0) is 25.1 Å². The van der Waals surface area contributed by atoms with E-state index in [9.17, 15) is 22.8 Å². The van der Waals surface area contributed by atoms with Crippen molar-refractivity contribution >= 4 is 35.0 Å². The lowest BCUT2D eigenvalue weighted by atomic mass is 10.2. The van der Waals surface area contributed by atoms with Crippen LogP contribution in [0.25, 0.3) is 0 Å². The van der Waals surface area contributed by atoms with Gasteiger partial charge < -0.3 is 10.3 Å². The summed E-state index contributed by atoms with van der Waals surface area (Å²) in [7, 11) is 0. The molecule has 24 heavy (non-hydrogen) atoms. The summed E-state index contributed by atoms with van der Waals surface area (Å²) in [5.74, 6) is -0.576. The molecule has 0 saturated heterocycles. The van der Waals surface area contributed by atoms with E-state index in [0.717, 1.165) is 30.0 Å². The topological polar surface area (TPSA) is 74.8 Å². The summed E-state index contributed by atoms with van der Waals surface area (Å²) >= 11 is 6.78. The summed E-state index contributed by atoms with van der Waals surface area (Å²) in [6, 6.07) is 3.88. The Hall–Kier alpha value is -2.00. The van der Waals surface area contributed by atoms with Crippen molar-refractivity contribution in [2.75, 3.05) is 5.32 Å². The lowest BCUT2D eigenvalue weighted by Crippen LogP contribution is -2.23. The van der Waals surface area contributed by atoms with Crippen molar-refractivity contribution < 1.29 is 18.0 Å². The van der Waals surface area contributed by atoms with E-state index >= 15 is 0 Å². The number of hydrogen-bond acceptors (Lipinski definition) is 4. The zero-order valence-electron chi connectivity index (χ0n) is 12.1. The van der Waals surface area contributed by atoms with E-state index in [2.05, 4.69) is 15.3 Å². The molecule has 2 rings (SSSR count). The minimum atomic E-state index is -4.54. The Bertz CT molecular complexity index is 810. The van der Waals surface area contributed by atoms with Crippen LogP contribution in [0.5, 0.6) is 0 Å². The van der Waals surface area contributed by atoms with Crippen molar-refractivity contribution in [3.05, 3.63) is 51.4 Å². The number of nitrogens with one attached hydrogen (secondary N) is 2. The molecule has 5 nitrogen and oxygen atoms in total. The van der Waals surface area contributed by atoms with Gasteiger partial charge in [-0.3, -0.25) is 9.59 Å². The molecule has 1 unspecified atom stereocenters. The monoisotopic (exact) mass is 377 g/mol. The van der Waals surface area contributed by atoms with Gasteiger partial charge in [-0.2, -0.15) is 13.2 Å². The van der Waals surface area contributed by atoms with Crippen LogP contribution < -0.4 is 10.9 Å². The summed E-state index contributed by atoms with van der Waals surface area (Å²) in [5, 5.41) is 1.83. The number of hydrogen-bond donors (Lipinski definition) is 2. The highest BCUT2D eigenvalue weighted by Crippen LogP contribution is 2.34. The van der Waals surface area contributed by atoms with E-state index in [1.54, 1.807) is 0 Å². The lowest BCUT2D eigenvalue weighted by Gasteiger charge is -2.14. The van der Waals surface area contributed by atoms with Gasteiger partial charge >= 0.3 is 6.18 Å². The van der Waals surface area contributed by atoms with Crippen molar-refractivity contribution in [1.29, 1.82) is 0 Å². The number of anilines is 1. The number of nitrogens with zero attached hydrogens (tertiary/aromatic N) is 1. The van der Waals surface area contributed by atoms with Crippen molar-refractivity contribution in [2.45, 2.75) is 23.5 Å². The maximum atomic E-state index is 12.7. The van der Waals surface area contributed by atoms with Gasteiger partial charge in [0.1, 0.15) is 0 Å². The standard InChI is InChI=1S/C14H11ClF3N3O2S/c1-7(24-13-19-5-4-11(22)21-13)12(23)20-10-6-8(14(16,17)18)2-3-9(10)15/h2-7H,1H3,(H,20,23)(H,19,21,22). The Kier molecular flexibility index (Phi) is 5.55. The van der Waals surface area contributed by atoms with Crippen molar-refractivity contribution in [1.82, 2.24) is 9.97 Å². The number of H-pyrrole nitrogens is 1. The van der Waals surface area contributed by atoms with E-state index in [1.807, 2.05) is 0 Å². The van der Waals surface area contributed by atoms with Gasteiger partial charge in [0, 0.05) is 12.3 Å². The summed E-state index contributed by atoms with van der Waals surface area (Å²) in [5.41, 5.74) is -1.43. The first-order valence-electron chi connectivity index (χ1n) is 6.56. The molecular weight excluding hydrogens is 367 g/mol. The van der Waals surface area contributed by atoms with E-state index in [1.165, 1.54) is 19.2 Å². The van der Waals surface area contributed by atoms with E-state index < -0.39 is 22.9 Å². The number of alkyl halides is 3. The molecule has 1 amide bonds. The molecule has 0 spiro atoms. The van der Waals surface area contributed by atoms with Crippen molar-refractivity contribution in [2.24, 2.45) is 0 Å². The highest BCUT2D eigenvalue weighted by molar-refractivity contribution is 8.00. The molecule has 2 aromatic rings. The smallest absolute Gasteiger partial charge is 0.324 e. The van der Waals surface area contributed by atoms with Gasteiger partial charge in [0.25, 0.3) is 5.56 Å². The predicted octanol–water partition coefficient (Wildman–Crippen LogP) is 3.56.